The van der Waals surface area contributed by atoms with Crippen LogP contribution in [0.3, 0.4) is 0 Å². The molecule has 0 aliphatic carbocycles. The Hall–Kier alpha value is -1.70. The first kappa shape index (κ1) is 9.84. The van der Waals surface area contributed by atoms with Crippen molar-refractivity contribution in [1.82, 2.24) is 15.2 Å². The predicted molar refractivity (Wildman–Crippen MR) is 53.4 cm³/mol. The number of carbonyl (C=O) groups is 2. The summed E-state index contributed by atoms with van der Waals surface area (Å²) in [6.45, 7) is 0.254. The molecule has 15 heavy (non-hydrogen) atoms. The van der Waals surface area contributed by atoms with Gasteiger partial charge in [0.2, 0.25) is 22.5 Å². The van der Waals surface area contributed by atoms with Crippen LogP contribution in [0.25, 0.3) is 0 Å². The molecular weight excluding hydrogens is 218 g/mol. The van der Waals surface area contributed by atoms with Crippen LogP contribution in [0.5, 0.6) is 0 Å². The fraction of sp³-hybridized carbons (Fsp3) is 0.429. The van der Waals surface area contributed by atoms with E-state index in [2.05, 4.69) is 15.2 Å². The molecule has 1 aromatic heterocycles. The number of anilines is 1. The highest BCUT2D eigenvalue weighted by atomic mass is 32.1. The summed E-state index contributed by atoms with van der Waals surface area (Å²) >= 11 is 4.76. The topological polar surface area (TPSA) is 108 Å². The fourth-order valence-electron chi connectivity index (χ4n) is 1.49. The Bertz CT molecular complexity index is 464. The molecule has 7 nitrogen and oxygen atoms in total. The second-order valence-electron chi connectivity index (χ2n) is 3.30. The van der Waals surface area contributed by atoms with E-state index in [1.807, 2.05) is 0 Å². The van der Waals surface area contributed by atoms with E-state index in [0.717, 1.165) is 0 Å². The van der Waals surface area contributed by atoms with Gasteiger partial charge in [0, 0.05) is 13.0 Å². The molecule has 1 aromatic rings. The van der Waals surface area contributed by atoms with Gasteiger partial charge in [-0.2, -0.15) is 4.98 Å². The van der Waals surface area contributed by atoms with E-state index < -0.39 is 11.8 Å². The molecule has 80 valence electrons. The number of aromatic nitrogens is 3. The Morgan fingerprint density at radius 3 is 2.80 bits per heavy atom. The van der Waals surface area contributed by atoms with Crippen molar-refractivity contribution < 1.29 is 9.59 Å². The van der Waals surface area contributed by atoms with Crippen LogP contribution in [0.15, 0.2) is 0 Å². The first-order valence-electron chi connectivity index (χ1n) is 4.32. The zero-order chi connectivity index (χ0) is 11.0. The summed E-state index contributed by atoms with van der Waals surface area (Å²) in [5, 5.41) is 5.23. The average Bonchev–Trinajstić information content (AvgIpc) is 2.71. The molecular formula is C7H9N5O2S. The summed E-state index contributed by atoms with van der Waals surface area (Å²) < 4.78 is 0.264. The highest BCUT2D eigenvalue weighted by molar-refractivity contribution is 7.71. The monoisotopic (exact) mass is 227 g/mol. The number of nitrogens with zero attached hydrogens (tertiary/aromatic N) is 2. The first-order valence-corrected chi connectivity index (χ1v) is 4.73. The van der Waals surface area contributed by atoms with Crippen LogP contribution < -0.4 is 10.6 Å². The van der Waals surface area contributed by atoms with Gasteiger partial charge in [0.25, 0.3) is 0 Å². The molecule has 0 radical (unpaired) electrons. The molecule has 0 spiro atoms. The molecule has 1 aliphatic rings. The lowest BCUT2D eigenvalue weighted by Crippen LogP contribution is -2.29. The summed E-state index contributed by atoms with van der Waals surface area (Å²) in [5.74, 6) is -0.776. The number of amides is 2. The van der Waals surface area contributed by atoms with E-state index in [4.69, 9.17) is 18.0 Å². The van der Waals surface area contributed by atoms with Gasteiger partial charge in [-0.3, -0.25) is 24.7 Å². The van der Waals surface area contributed by atoms with Crippen LogP contribution in [0.1, 0.15) is 6.42 Å². The van der Waals surface area contributed by atoms with Crippen molar-refractivity contribution >= 4 is 30.0 Å². The standard InChI is InChI=1S/C7H9N5O2S/c8-5(14)3-1-4(13)12(2-3)6-9-7(15)11-10-6/h3H,1-2H2,(H2,8,14)(H2,9,10,11,15). The maximum atomic E-state index is 11.5. The number of carbonyl (C=O) groups excluding carboxylic acids is 2. The highest BCUT2D eigenvalue weighted by Crippen LogP contribution is 2.21. The van der Waals surface area contributed by atoms with Crippen molar-refractivity contribution in [3.8, 4) is 0 Å². The second-order valence-corrected chi connectivity index (χ2v) is 3.69. The third-order valence-electron chi connectivity index (χ3n) is 2.27. The number of aromatic amines is 2. The minimum Gasteiger partial charge on any atom is -0.369 e. The summed E-state index contributed by atoms with van der Waals surface area (Å²) in [5.41, 5.74) is 5.13. The zero-order valence-electron chi connectivity index (χ0n) is 7.69. The van der Waals surface area contributed by atoms with Gasteiger partial charge < -0.3 is 5.73 Å². The molecule has 0 bridgehead atoms. The molecule has 0 aromatic carbocycles. The number of H-pyrrole nitrogens is 2. The maximum absolute atomic E-state index is 11.5. The van der Waals surface area contributed by atoms with E-state index in [9.17, 15) is 9.59 Å². The fourth-order valence-corrected chi connectivity index (χ4v) is 1.63. The zero-order valence-corrected chi connectivity index (χ0v) is 8.50. The minimum atomic E-state index is -0.472. The smallest absolute Gasteiger partial charge is 0.230 e. The van der Waals surface area contributed by atoms with Crippen molar-refractivity contribution in [3.05, 3.63) is 4.77 Å². The van der Waals surface area contributed by atoms with Crippen LogP contribution in [0.4, 0.5) is 5.95 Å². The summed E-state index contributed by atoms with van der Waals surface area (Å²) in [6, 6.07) is 0. The Labute approximate surface area is 89.6 Å². The van der Waals surface area contributed by atoms with Gasteiger partial charge in [-0.05, 0) is 12.2 Å². The van der Waals surface area contributed by atoms with Crippen LogP contribution in [0, 0.1) is 10.7 Å². The number of hydrogen-bond donors (Lipinski definition) is 3. The third kappa shape index (κ3) is 1.75. The van der Waals surface area contributed by atoms with Gasteiger partial charge in [0.15, 0.2) is 0 Å². The molecule has 0 saturated carbocycles. The minimum absolute atomic E-state index is 0.128. The van der Waals surface area contributed by atoms with Gasteiger partial charge in [-0.15, -0.1) is 0 Å². The van der Waals surface area contributed by atoms with Crippen LogP contribution in [-0.4, -0.2) is 33.5 Å². The summed E-state index contributed by atoms with van der Waals surface area (Å²) in [7, 11) is 0. The van der Waals surface area contributed by atoms with Gasteiger partial charge in [0.05, 0.1) is 5.92 Å². The molecule has 2 amide bonds. The van der Waals surface area contributed by atoms with Crippen molar-refractivity contribution in [2.75, 3.05) is 11.4 Å². The van der Waals surface area contributed by atoms with Crippen LogP contribution in [0.2, 0.25) is 0 Å². The van der Waals surface area contributed by atoms with E-state index in [0.29, 0.717) is 5.95 Å². The summed E-state index contributed by atoms with van der Waals surface area (Å²) in [6.07, 6.45) is 0.128. The average molecular weight is 227 g/mol. The van der Waals surface area contributed by atoms with Crippen LogP contribution in [-0.2, 0) is 9.59 Å². The lowest BCUT2D eigenvalue weighted by Gasteiger charge is -2.10. The Morgan fingerprint density at radius 1 is 1.60 bits per heavy atom. The molecule has 1 unspecified atom stereocenters. The highest BCUT2D eigenvalue weighted by Gasteiger charge is 2.35. The van der Waals surface area contributed by atoms with Crippen molar-refractivity contribution in [2.24, 2.45) is 11.7 Å². The Morgan fingerprint density at radius 2 is 2.33 bits per heavy atom. The first-order chi connectivity index (χ1) is 7.08. The van der Waals surface area contributed by atoms with E-state index in [1.54, 1.807) is 0 Å². The van der Waals surface area contributed by atoms with Gasteiger partial charge >= 0.3 is 0 Å². The Balaban J connectivity index is 2.22. The van der Waals surface area contributed by atoms with Gasteiger partial charge in [-0.1, -0.05) is 0 Å². The Kier molecular flexibility index (Phi) is 2.27. The SMILES string of the molecule is NC(=O)C1CC(=O)N(c2nc(=S)[nH][nH]2)C1. The molecule has 4 N–H and O–H groups in total. The lowest BCUT2D eigenvalue weighted by atomic mass is 10.1. The molecule has 1 saturated heterocycles. The second kappa shape index (κ2) is 3.46. The molecule has 1 aliphatic heterocycles. The number of nitrogens with two attached hydrogens (primary N) is 1. The lowest BCUT2D eigenvalue weighted by molar-refractivity contribution is -0.123. The van der Waals surface area contributed by atoms with E-state index in [1.165, 1.54) is 4.90 Å². The van der Waals surface area contributed by atoms with E-state index >= 15 is 0 Å². The van der Waals surface area contributed by atoms with Gasteiger partial charge in [0.1, 0.15) is 0 Å². The number of nitrogens with one attached hydrogen (secondary N) is 2. The van der Waals surface area contributed by atoms with Crippen LogP contribution >= 0.6 is 12.2 Å². The molecule has 2 rings (SSSR count). The largest absolute Gasteiger partial charge is 0.369 e. The maximum Gasteiger partial charge on any atom is 0.230 e. The molecule has 2 heterocycles. The normalized spacial score (nSPS) is 20.9. The quantitative estimate of drug-likeness (QED) is 0.581. The van der Waals surface area contributed by atoms with Crippen molar-refractivity contribution in [1.29, 1.82) is 0 Å². The number of primary amides is 1. The molecule has 8 heteroatoms. The van der Waals surface area contributed by atoms with Crippen molar-refractivity contribution in [2.45, 2.75) is 6.42 Å². The molecule has 1 atom stereocenters. The van der Waals surface area contributed by atoms with Gasteiger partial charge in [-0.25, -0.2) is 0 Å². The van der Waals surface area contributed by atoms with E-state index in [-0.39, 0.29) is 23.6 Å². The van der Waals surface area contributed by atoms with Crippen molar-refractivity contribution in [3.63, 3.8) is 0 Å². The number of hydrogen-bond acceptors (Lipinski definition) is 4. The third-order valence-corrected chi connectivity index (χ3v) is 2.47. The number of rotatable bonds is 2. The molecule has 1 fully saturated rings. The summed E-state index contributed by atoms with van der Waals surface area (Å²) in [4.78, 5) is 27.7. The predicted octanol–water partition coefficient (Wildman–Crippen LogP) is -0.695.